The maximum atomic E-state index is 13.7. The molecule has 1 saturated heterocycles. The number of piperazine rings is 1. The van der Waals surface area contributed by atoms with Crippen molar-refractivity contribution in [3.05, 3.63) is 117 Å². The molecule has 0 bridgehead atoms. The minimum Gasteiger partial charge on any atom is -0.455 e. The first-order valence-corrected chi connectivity index (χ1v) is 20.1. The third kappa shape index (κ3) is 7.64. The van der Waals surface area contributed by atoms with Gasteiger partial charge >= 0.3 is 0 Å². The summed E-state index contributed by atoms with van der Waals surface area (Å²) in [5, 5.41) is 20.7. The number of fused-ring (bicyclic) bond motifs is 1. The van der Waals surface area contributed by atoms with Gasteiger partial charge < -0.3 is 25.8 Å². The van der Waals surface area contributed by atoms with Gasteiger partial charge in [0.05, 0.1) is 27.1 Å². The summed E-state index contributed by atoms with van der Waals surface area (Å²) in [5.74, 6) is -0.0878. The number of aromatic amines is 1. The Morgan fingerprint density at radius 2 is 1.88 bits per heavy atom. The van der Waals surface area contributed by atoms with E-state index in [9.17, 15) is 19.1 Å². The zero-order valence-corrected chi connectivity index (χ0v) is 32.1. The zero-order chi connectivity index (χ0) is 39.0. The average molecular weight is 793 g/mol. The van der Waals surface area contributed by atoms with Gasteiger partial charge in [-0.2, -0.15) is 0 Å². The predicted molar refractivity (Wildman–Crippen MR) is 219 cm³/mol. The molecule has 1 saturated carbocycles. The molecule has 1 aliphatic heterocycles. The van der Waals surface area contributed by atoms with Crippen LogP contribution in [0, 0.1) is 20.9 Å². The van der Waals surface area contributed by atoms with E-state index in [1.165, 1.54) is 48.5 Å². The van der Waals surface area contributed by atoms with Gasteiger partial charge in [-0.25, -0.2) is 9.19 Å². The Bertz CT molecular complexity index is 2400. The molecule has 3 aromatic carbocycles. The molecule has 1 spiro atoms. The number of amides is 1. The van der Waals surface area contributed by atoms with E-state index >= 15 is 0 Å². The number of carbonyl (C=O) groups excluding carboxylic acids is 1. The highest BCUT2D eigenvalue weighted by atomic mass is 35.5. The van der Waals surface area contributed by atoms with Gasteiger partial charge in [0.2, 0.25) is 0 Å². The Hall–Kier alpha value is -5.57. The molecule has 5 aromatic rings. The van der Waals surface area contributed by atoms with Crippen molar-refractivity contribution in [3.63, 3.8) is 0 Å². The first kappa shape index (κ1) is 37.4. The second-order valence-corrected chi connectivity index (χ2v) is 16.4. The molecular weight excluding hydrogens is 752 g/mol. The molecule has 1 amide bonds. The number of nitro groups is 1. The van der Waals surface area contributed by atoms with Gasteiger partial charge in [-0.05, 0) is 91.1 Å². The van der Waals surface area contributed by atoms with E-state index in [0.717, 1.165) is 73.9 Å². The molecule has 1 atom stereocenters. The summed E-state index contributed by atoms with van der Waals surface area (Å²) in [4.78, 5) is 36.8. The maximum Gasteiger partial charge on any atom is 0.281 e. The lowest BCUT2D eigenvalue weighted by Crippen LogP contribution is -2.47. The van der Waals surface area contributed by atoms with E-state index in [-0.39, 0.29) is 27.5 Å². The molecule has 2 fully saturated rings. The first-order valence-electron chi connectivity index (χ1n) is 18.6. The molecule has 1 unspecified atom stereocenters. The van der Waals surface area contributed by atoms with Gasteiger partial charge in [0.15, 0.2) is 11.0 Å². The number of hydrogen-bond donors (Lipinski definition) is 4. The molecule has 3 aliphatic rings. The highest BCUT2D eigenvalue weighted by Gasteiger charge is 2.41. The monoisotopic (exact) mass is 792 g/mol. The number of benzene rings is 3. The second-order valence-electron chi connectivity index (χ2n) is 14.8. The number of anilines is 2. The SMILES string of the molecule is N=Cc1c(N)cc(S(=O)NC(=O)c2ccc(N3CCN(CC4=C(c5ccc(Cl)cc5)CC5(CCC5)CC4)CC3)cc2Oc2cnc3[nH]ccc3c2)cc1[N+](=O)[O-]. The second kappa shape index (κ2) is 15.5. The van der Waals surface area contributed by atoms with Crippen molar-refractivity contribution >= 4 is 68.4 Å². The Kier molecular flexibility index (Phi) is 10.4. The fourth-order valence-electron chi connectivity index (χ4n) is 8.15. The maximum absolute atomic E-state index is 13.7. The molecule has 288 valence electrons. The van der Waals surface area contributed by atoms with E-state index in [4.69, 9.17) is 27.5 Å². The number of pyridine rings is 1. The Morgan fingerprint density at radius 1 is 1.09 bits per heavy atom. The van der Waals surface area contributed by atoms with Gasteiger partial charge in [-0.1, -0.05) is 35.7 Å². The normalized spacial score (nSPS) is 17.4. The number of nitrogens with zero attached hydrogens (tertiary/aromatic N) is 4. The van der Waals surface area contributed by atoms with Crippen molar-refractivity contribution in [3.8, 4) is 11.5 Å². The van der Waals surface area contributed by atoms with Gasteiger partial charge in [-0.3, -0.25) is 24.5 Å². The molecule has 0 radical (unpaired) electrons. The van der Waals surface area contributed by atoms with Crippen LogP contribution in [0.5, 0.6) is 11.5 Å². The quantitative estimate of drug-likeness (QED) is 0.0447. The number of nitrogens with two attached hydrogens (primary N) is 1. The summed E-state index contributed by atoms with van der Waals surface area (Å²) in [5.41, 5.74) is 11.7. The van der Waals surface area contributed by atoms with Gasteiger partial charge in [0, 0.05) is 79.1 Å². The minimum absolute atomic E-state index is 0.0842. The molecule has 13 nitrogen and oxygen atoms in total. The van der Waals surface area contributed by atoms with Crippen LogP contribution in [0.1, 0.15) is 60.0 Å². The number of rotatable bonds is 11. The average Bonchev–Trinajstić information content (AvgIpc) is 3.66. The number of carbonyl (C=O) groups is 1. The number of H-pyrrole nitrogens is 1. The van der Waals surface area contributed by atoms with Crippen molar-refractivity contribution in [1.29, 1.82) is 5.41 Å². The smallest absolute Gasteiger partial charge is 0.281 e. The number of halogens is 1. The third-order valence-electron chi connectivity index (χ3n) is 11.4. The van der Waals surface area contributed by atoms with E-state index in [1.807, 2.05) is 30.3 Å². The van der Waals surface area contributed by atoms with Crippen molar-refractivity contribution in [2.75, 3.05) is 43.4 Å². The number of nitro benzene ring substituents is 1. The highest BCUT2D eigenvalue weighted by molar-refractivity contribution is 7.83. The van der Waals surface area contributed by atoms with Crippen molar-refractivity contribution in [2.24, 2.45) is 5.41 Å². The van der Waals surface area contributed by atoms with Crippen LogP contribution < -0.4 is 20.1 Å². The standard InChI is InChI=1S/C41H41ClN8O5S/c42-29-4-2-26(3-5-29)34-22-41(10-1-11-41)12-8-28(34)25-48-14-16-49(17-15-48)30-6-7-33(38(19-30)55-31-18-27-9-13-45-39(27)46-24-31)40(51)47-56(54)32-20-36(44)35(23-43)37(21-32)50(52)53/h2-7,9,13,18-21,23-24,43H,1,8,10-12,14-17,22,25,44H2,(H,45,46)(H,47,51). The summed E-state index contributed by atoms with van der Waals surface area (Å²) in [6, 6.07) is 19.5. The molecule has 15 heteroatoms. The van der Waals surface area contributed by atoms with Crippen LogP contribution in [0.25, 0.3) is 16.6 Å². The van der Waals surface area contributed by atoms with E-state index in [0.29, 0.717) is 16.8 Å². The van der Waals surface area contributed by atoms with Crippen molar-refractivity contribution in [1.82, 2.24) is 19.6 Å². The largest absolute Gasteiger partial charge is 0.455 e. The fraction of sp³-hybridized carbons (Fsp3) is 0.293. The number of ether oxygens (including phenoxy) is 1. The number of allylic oxidation sites excluding steroid dienone is 1. The molecule has 8 rings (SSSR count). The van der Waals surface area contributed by atoms with Crippen LogP contribution in [0.2, 0.25) is 5.02 Å². The molecule has 2 aliphatic carbocycles. The summed E-state index contributed by atoms with van der Waals surface area (Å²) in [6.45, 7) is 4.19. The number of hydrogen-bond acceptors (Lipinski definition) is 10. The van der Waals surface area contributed by atoms with E-state index in [2.05, 4.69) is 36.6 Å². The Morgan fingerprint density at radius 3 is 2.59 bits per heavy atom. The van der Waals surface area contributed by atoms with E-state index in [1.54, 1.807) is 24.5 Å². The lowest BCUT2D eigenvalue weighted by Gasteiger charge is -2.47. The van der Waals surface area contributed by atoms with Crippen LogP contribution in [-0.4, -0.2) is 68.8 Å². The number of nitrogen functional groups attached to an aromatic ring is 1. The minimum atomic E-state index is -2.22. The van der Waals surface area contributed by atoms with Crippen LogP contribution in [-0.2, 0) is 11.0 Å². The summed E-state index contributed by atoms with van der Waals surface area (Å²) in [7, 11) is -2.22. The van der Waals surface area contributed by atoms with Crippen LogP contribution in [0.15, 0.2) is 89.6 Å². The predicted octanol–water partition coefficient (Wildman–Crippen LogP) is 7.88. The van der Waals surface area contributed by atoms with Gasteiger partial charge in [0.25, 0.3) is 11.6 Å². The first-order chi connectivity index (χ1) is 27.1. The van der Waals surface area contributed by atoms with Crippen molar-refractivity contribution < 1.29 is 18.7 Å². The van der Waals surface area contributed by atoms with Crippen molar-refractivity contribution in [2.45, 2.75) is 43.4 Å². The summed E-state index contributed by atoms with van der Waals surface area (Å²) >= 11 is 6.26. The van der Waals surface area contributed by atoms with Gasteiger partial charge in [0.1, 0.15) is 17.1 Å². The fourth-order valence-corrected chi connectivity index (χ4v) is 9.13. The number of nitrogens with one attached hydrogen (secondary N) is 3. The highest BCUT2D eigenvalue weighted by Crippen LogP contribution is 2.55. The summed E-state index contributed by atoms with van der Waals surface area (Å²) < 4.78 is 22.1. The number of aromatic nitrogens is 2. The molecule has 5 N–H and O–H groups in total. The van der Waals surface area contributed by atoms with Crippen LogP contribution in [0.4, 0.5) is 17.1 Å². The molecular formula is C41H41ClN8O5S. The topological polar surface area (TPSA) is 184 Å². The Labute approximate surface area is 331 Å². The molecule has 2 aromatic heterocycles. The Balaban J connectivity index is 1.02. The molecule has 3 heterocycles. The van der Waals surface area contributed by atoms with E-state index < -0.39 is 27.5 Å². The zero-order valence-electron chi connectivity index (χ0n) is 30.6. The van der Waals surface area contributed by atoms with Gasteiger partial charge in [-0.15, -0.1) is 0 Å². The lowest BCUT2D eigenvalue weighted by molar-refractivity contribution is -0.385. The lowest BCUT2D eigenvalue weighted by atomic mass is 9.59. The van der Waals surface area contributed by atoms with Crippen LogP contribution in [0.3, 0.4) is 0 Å². The third-order valence-corrected chi connectivity index (χ3v) is 12.7. The van der Waals surface area contributed by atoms with Crippen LogP contribution >= 0.6 is 11.6 Å². The summed E-state index contributed by atoms with van der Waals surface area (Å²) in [6.07, 6.45) is 11.6. The molecule has 56 heavy (non-hydrogen) atoms.